The average Bonchev–Trinajstić information content (AvgIpc) is 2.20. The zero-order chi connectivity index (χ0) is 10.6. The molecular formula is C11H10N2O. The molecule has 14 heavy (non-hydrogen) atoms. The molecule has 0 bridgehead atoms. The van der Waals surface area contributed by atoms with Gasteiger partial charge >= 0.3 is 0 Å². The second kappa shape index (κ2) is 4.24. The minimum Gasteiger partial charge on any atom is -0.507 e. The lowest BCUT2D eigenvalue weighted by atomic mass is 10.0. The van der Waals surface area contributed by atoms with Gasteiger partial charge < -0.3 is 10.5 Å². The van der Waals surface area contributed by atoms with Crippen molar-refractivity contribution in [1.82, 2.24) is 0 Å². The number of nitriles is 1. The number of nitrogens with zero attached hydrogens (tertiary/aromatic N) is 1. The van der Waals surface area contributed by atoms with Crippen LogP contribution in [0, 0.1) is 16.7 Å². The summed E-state index contributed by atoms with van der Waals surface area (Å²) >= 11 is 0. The van der Waals surface area contributed by atoms with Gasteiger partial charge in [0.2, 0.25) is 0 Å². The highest BCUT2D eigenvalue weighted by atomic mass is 16.3. The van der Waals surface area contributed by atoms with E-state index in [1.165, 1.54) is 18.3 Å². The summed E-state index contributed by atoms with van der Waals surface area (Å²) in [6.45, 7) is 1.82. The minimum absolute atomic E-state index is 0.0498. The van der Waals surface area contributed by atoms with Crippen LogP contribution < -0.4 is 0 Å². The van der Waals surface area contributed by atoms with Crippen molar-refractivity contribution in [2.45, 2.75) is 6.92 Å². The van der Waals surface area contributed by atoms with Gasteiger partial charge in [-0.15, -0.1) is 0 Å². The Balaban J connectivity index is 3.22. The Morgan fingerprint density at radius 1 is 1.57 bits per heavy atom. The summed E-state index contributed by atoms with van der Waals surface area (Å²) in [5, 5.41) is 25.1. The Kier molecular flexibility index (Phi) is 3.03. The van der Waals surface area contributed by atoms with Crippen LogP contribution in [-0.2, 0) is 0 Å². The molecule has 0 aliphatic heterocycles. The van der Waals surface area contributed by atoms with Crippen molar-refractivity contribution in [2.24, 2.45) is 0 Å². The summed E-state index contributed by atoms with van der Waals surface area (Å²) in [4.78, 5) is 0. The van der Waals surface area contributed by atoms with Crippen molar-refractivity contribution in [3.05, 3.63) is 35.4 Å². The molecule has 0 saturated carbocycles. The maximum absolute atomic E-state index is 9.41. The van der Waals surface area contributed by atoms with Gasteiger partial charge in [-0.05, 0) is 30.2 Å². The van der Waals surface area contributed by atoms with Gasteiger partial charge in [-0.2, -0.15) is 5.26 Å². The Hall–Kier alpha value is -2.08. The molecule has 3 nitrogen and oxygen atoms in total. The summed E-state index contributed by atoms with van der Waals surface area (Å²) in [6, 6.07) is 6.60. The van der Waals surface area contributed by atoms with E-state index in [4.69, 9.17) is 10.7 Å². The van der Waals surface area contributed by atoms with E-state index in [2.05, 4.69) is 0 Å². The first-order chi connectivity index (χ1) is 6.72. The second-order valence-corrected chi connectivity index (χ2v) is 2.73. The maximum atomic E-state index is 9.41. The molecule has 0 aromatic heterocycles. The quantitative estimate of drug-likeness (QED) is 0.696. The van der Waals surface area contributed by atoms with E-state index in [1.54, 1.807) is 12.1 Å². The predicted octanol–water partition coefficient (Wildman–Crippen LogP) is 2.32. The van der Waals surface area contributed by atoms with Crippen molar-refractivity contribution in [3.63, 3.8) is 0 Å². The Labute approximate surface area is 82.4 Å². The minimum atomic E-state index is -0.0498. The van der Waals surface area contributed by atoms with Crippen LogP contribution in [0.4, 0.5) is 0 Å². The highest BCUT2D eigenvalue weighted by Gasteiger charge is 2.03. The van der Waals surface area contributed by atoms with E-state index in [0.717, 1.165) is 5.56 Å². The third-order valence-electron chi connectivity index (χ3n) is 1.92. The smallest absolute Gasteiger partial charge is 0.133 e. The fraction of sp³-hybridized carbons (Fsp3) is 0.0909. The van der Waals surface area contributed by atoms with E-state index in [9.17, 15) is 5.11 Å². The lowest BCUT2D eigenvalue weighted by molar-refractivity contribution is 0.473. The zero-order valence-corrected chi connectivity index (χ0v) is 7.78. The number of hydrogen-bond acceptors (Lipinski definition) is 3. The predicted molar refractivity (Wildman–Crippen MR) is 55.3 cm³/mol. The van der Waals surface area contributed by atoms with Gasteiger partial charge in [0.1, 0.15) is 11.8 Å². The highest BCUT2D eigenvalue weighted by Crippen LogP contribution is 2.21. The van der Waals surface area contributed by atoms with Crippen molar-refractivity contribution in [3.8, 4) is 11.8 Å². The van der Waals surface area contributed by atoms with Gasteiger partial charge in [-0.1, -0.05) is 12.1 Å². The van der Waals surface area contributed by atoms with Crippen molar-refractivity contribution in [2.75, 3.05) is 0 Å². The van der Waals surface area contributed by atoms with Crippen LogP contribution in [0.25, 0.3) is 5.57 Å². The molecule has 0 aliphatic carbocycles. The van der Waals surface area contributed by atoms with Crippen LogP contribution in [0.3, 0.4) is 0 Å². The summed E-state index contributed by atoms with van der Waals surface area (Å²) < 4.78 is 0. The molecule has 0 amide bonds. The lowest BCUT2D eigenvalue weighted by Crippen LogP contribution is -1.86. The molecular weight excluding hydrogens is 176 g/mol. The standard InChI is InChI=1S/C11H10N2O/c1-2-8(6-12)9-3-4-10(7-13)11(14)5-9/h2-6,12,14H,1H3/b8-2+,12-6?. The number of allylic oxidation sites excluding steroid dienone is 2. The van der Waals surface area contributed by atoms with E-state index in [-0.39, 0.29) is 11.3 Å². The number of phenolic OH excluding ortho intramolecular Hbond substituents is 1. The van der Waals surface area contributed by atoms with E-state index >= 15 is 0 Å². The fourth-order valence-electron chi connectivity index (χ4n) is 1.14. The maximum Gasteiger partial charge on any atom is 0.133 e. The highest BCUT2D eigenvalue weighted by molar-refractivity contribution is 6.08. The Morgan fingerprint density at radius 2 is 2.29 bits per heavy atom. The molecule has 0 saturated heterocycles. The third-order valence-corrected chi connectivity index (χ3v) is 1.92. The average molecular weight is 186 g/mol. The first kappa shape index (κ1) is 10.0. The van der Waals surface area contributed by atoms with Crippen molar-refractivity contribution in [1.29, 1.82) is 10.7 Å². The van der Waals surface area contributed by atoms with Crippen molar-refractivity contribution < 1.29 is 5.11 Å². The van der Waals surface area contributed by atoms with Crippen LogP contribution in [0.1, 0.15) is 18.1 Å². The molecule has 0 heterocycles. The number of hydrogen-bond donors (Lipinski definition) is 2. The molecule has 70 valence electrons. The molecule has 0 atom stereocenters. The largest absolute Gasteiger partial charge is 0.507 e. The van der Waals surface area contributed by atoms with Gasteiger partial charge in [0, 0.05) is 6.21 Å². The normalized spacial score (nSPS) is 10.7. The van der Waals surface area contributed by atoms with Gasteiger partial charge in [0.25, 0.3) is 0 Å². The van der Waals surface area contributed by atoms with Gasteiger partial charge in [0.15, 0.2) is 0 Å². The molecule has 2 N–H and O–H groups in total. The van der Waals surface area contributed by atoms with Crippen LogP contribution in [-0.4, -0.2) is 11.3 Å². The van der Waals surface area contributed by atoms with E-state index < -0.39 is 0 Å². The molecule has 0 radical (unpaired) electrons. The number of nitrogens with one attached hydrogen (secondary N) is 1. The molecule has 1 aromatic rings. The van der Waals surface area contributed by atoms with Gasteiger partial charge in [-0.3, -0.25) is 0 Å². The number of benzene rings is 1. The Bertz CT molecular complexity index is 427. The topological polar surface area (TPSA) is 67.9 Å². The van der Waals surface area contributed by atoms with E-state index in [1.807, 2.05) is 13.0 Å². The SMILES string of the molecule is C/C=C(\C=N)c1ccc(C#N)c(O)c1. The third kappa shape index (κ3) is 1.80. The molecule has 1 rings (SSSR count). The first-order valence-corrected chi connectivity index (χ1v) is 4.13. The number of rotatable bonds is 2. The Morgan fingerprint density at radius 3 is 2.71 bits per heavy atom. The monoisotopic (exact) mass is 186 g/mol. The molecule has 0 unspecified atom stereocenters. The van der Waals surface area contributed by atoms with Crippen molar-refractivity contribution >= 4 is 11.8 Å². The fourth-order valence-corrected chi connectivity index (χ4v) is 1.14. The summed E-state index contributed by atoms with van der Waals surface area (Å²) in [5.41, 5.74) is 1.69. The molecule has 1 aromatic carbocycles. The first-order valence-electron chi connectivity index (χ1n) is 4.13. The summed E-state index contributed by atoms with van der Waals surface area (Å²) in [5.74, 6) is -0.0498. The lowest BCUT2D eigenvalue weighted by Gasteiger charge is -2.02. The summed E-state index contributed by atoms with van der Waals surface area (Å²) in [6.07, 6.45) is 2.98. The van der Waals surface area contributed by atoms with Crippen LogP contribution in [0.15, 0.2) is 24.3 Å². The van der Waals surface area contributed by atoms with Crippen LogP contribution >= 0.6 is 0 Å². The second-order valence-electron chi connectivity index (χ2n) is 2.73. The number of aromatic hydroxyl groups is 1. The van der Waals surface area contributed by atoms with Gasteiger partial charge in [0.05, 0.1) is 5.56 Å². The van der Waals surface area contributed by atoms with E-state index in [0.29, 0.717) is 5.57 Å². The number of phenols is 1. The zero-order valence-electron chi connectivity index (χ0n) is 7.78. The van der Waals surface area contributed by atoms with Crippen LogP contribution in [0.2, 0.25) is 0 Å². The molecule has 0 fully saturated rings. The van der Waals surface area contributed by atoms with Gasteiger partial charge in [-0.25, -0.2) is 0 Å². The molecule has 0 aliphatic rings. The molecule has 3 heteroatoms. The summed E-state index contributed by atoms with van der Waals surface area (Å²) in [7, 11) is 0. The van der Waals surface area contributed by atoms with Crippen LogP contribution in [0.5, 0.6) is 5.75 Å². The molecule has 0 spiro atoms.